The van der Waals surface area contributed by atoms with Gasteiger partial charge in [0.05, 0.1) is 26.4 Å². The van der Waals surface area contributed by atoms with Crippen molar-refractivity contribution in [1.29, 1.82) is 0 Å². The first kappa shape index (κ1) is 18.3. The summed E-state index contributed by atoms with van der Waals surface area (Å²) in [5.41, 5.74) is 2.25. The number of carbonyl (C=O) groups is 2. The molecular formula is C19H21NO5. The van der Waals surface area contributed by atoms with E-state index in [1.807, 2.05) is 6.92 Å². The van der Waals surface area contributed by atoms with Crippen LogP contribution in [0.4, 0.5) is 5.69 Å². The molecule has 0 aliphatic rings. The minimum atomic E-state index is -0.419. The lowest BCUT2D eigenvalue weighted by Gasteiger charge is -2.12. The summed E-state index contributed by atoms with van der Waals surface area (Å²) < 4.78 is 15.4. The van der Waals surface area contributed by atoms with Crippen LogP contribution in [0.25, 0.3) is 0 Å². The first-order valence-corrected chi connectivity index (χ1v) is 7.81. The smallest absolute Gasteiger partial charge is 0.337 e. The fraction of sp³-hybridized carbons (Fsp3) is 0.263. The number of esters is 1. The average molecular weight is 343 g/mol. The summed E-state index contributed by atoms with van der Waals surface area (Å²) in [5, 5.41) is 2.83. The summed E-state index contributed by atoms with van der Waals surface area (Å²) in [4.78, 5) is 24.0. The molecule has 0 spiro atoms. The summed E-state index contributed by atoms with van der Waals surface area (Å²) >= 11 is 0. The zero-order chi connectivity index (χ0) is 18.4. The third-order valence-corrected chi connectivity index (χ3v) is 3.62. The fourth-order valence-electron chi connectivity index (χ4n) is 2.33. The maximum atomic E-state index is 12.5. The topological polar surface area (TPSA) is 73.9 Å². The van der Waals surface area contributed by atoms with Gasteiger partial charge in [0, 0.05) is 11.3 Å². The zero-order valence-corrected chi connectivity index (χ0v) is 14.7. The van der Waals surface area contributed by atoms with E-state index in [0.29, 0.717) is 34.9 Å². The molecule has 1 N–H and O–H groups in total. The molecule has 0 radical (unpaired) electrons. The van der Waals surface area contributed by atoms with E-state index in [9.17, 15) is 9.59 Å². The van der Waals surface area contributed by atoms with Crippen molar-refractivity contribution in [1.82, 2.24) is 0 Å². The Balaban J connectivity index is 2.21. The molecule has 6 heteroatoms. The summed E-state index contributed by atoms with van der Waals surface area (Å²) in [6, 6.07) is 9.93. The van der Waals surface area contributed by atoms with E-state index >= 15 is 0 Å². The zero-order valence-electron chi connectivity index (χ0n) is 14.7. The summed E-state index contributed by atoms with van der Waals surface area (Å²) in [6.07, 6.45) is 0. The highest BCUT2D eigenvalue weighted by Gasteiger charge is 2.13. The lowest BCUT2D eigenvalue weighted by molar-refractivity contribution is 0.0600. The van der Waals surface area contributed by atoms with Crippen LogP contribution in [-0.2, 0) is 4.74 Å². The van der Waals surface area contributed by atoms with Crippen LogP contribution < -0.4 is 14.8 Å². The molecule has 0 fully saturated rings. The van der Waals surface area contributed by atoms with Crippen molar-refractivity contribution in [3.05, 3.63) is 53.1 Å². The number of anilines is 1. The Labute approximate surface area is 146 Å². The molecule has 0 bridgehead atoms. The Hall–Kier alpha value is -3.02. The molecule has 6 nitrogen and oxygen atoms in total. The molecule has 0 heterocycles. The number of hydrogen-bond acceptors (Lipinski definition) is 5. The summed E-state index contributed by atoms with van der Waals surface area (Å²) in [5.74, 6) is 0.375. The number of carbonyl (C=O) groups excluding carboxylic acids is 2. The number of ether oxygens (including phenoxy) is 3. The molecule has 0 saturated carbocycles. The molecule has 0 atom stereocenters. The molecule has 1 amide bonds. The number of benzene rings is 2. The number of rotatable bonds is 6. The van der Waals surface area contributed by atoms with Gasteiger partial charge in [-0.2, -0.15) is 0 Å². The highest BCUT2D eigenvalue weighted by Crippen LogP contribution is 2.28. The molecule has 0 saturated heterocycles. The van der Waals surface area contributed by atoms with E-state index in [0.717, 1.165) is 5.56 Å². The molecule has 0 aliphatic heterocycles. The van der Waals surface area contributed by atoms with E-state index in [2.05, 4.69) is 10.1 Å². The predicted octanol–water partition coefficient (Wildman–Crippen LogP) is 3.44. The van der Waals surface area contributed by atoms with Gasteiger partial charge in [-0.25, -0.2) is 4.79 Å². The molecule has 0 aliphatic carbocycles. The number of amides is 1. The van der Waals surface area contributed by atoms with E-state index in [1.165, 1.54) is 14.2 Å². The van der Waals surface area contributed by atoms with Crippen molar-refractivity contribution >= 4 is 17.6 Å². The van der Waals surface area contributed by atoms with Crippen LogP contribution in [0.1, 0.15) is 33.2 Å². The molecule has 132 valence electrons. The van der Waals surface area contributed by atoms with E-state index in [1.54, 1.807) is 43.3 Å². The third-order valence-electron chi connectivity index (χ3n) is 3.62. The monoisotopic (exact) mass is 343 g/mol. The highest BCUT2D eigenvalue weighted by molar-refractivity contribution is 6.05. The Morgan fingerprint density at radius 2 is 1.72 bits per heavy atom. The average Bonchev–Trinajstić information content (AvgIpc) is 2.63. The highest BCUT2D eigenvalue weighted by atomic mass is 16.5. The molecular weight excluding hydrogens is 322 g/mol. The standard InChI is InChI=1S/C19H21NO5/c1-5-25-16-9-7-13(11-17(16)23-3)18(21)20-15-8-6-14(10-12(15)2)19(22)24-4/h6-11H,5H2,1-4H3,(H,20,21). The molecule has 25 heavy (non-hydrogen) atoms. The molecule has 2 aromatic rings. The SMILES string of the molecule is CCOc1ccc(C(=O)Nc2ccc(C(=O)OC)cc2C)cc1OC. The van der Waals surface area contributed by atoms with Gasteiger partial charge < -0.3 is 19.5 Å². The van der Waals surface area contributed by atoms with E-state index in [4.69, 9.17) is 9.47 Å². The largest absolute Gasteiger partial charge is 0.493 e. The summed E-state index contributed by atoms with van der Waals surface area (Å²) in [6.45, 7) is 4.19. The normalized spacial score (nSPS) is 10.1. The van der Waals surface area contributed by atoms with Gasteiger partial charge in [0.1, 0.15) is 0 Å². The molecule has 0 unspecified atom stereocenters. The fourth-order valence-corrected chi connectivity index (χ4v) is 2.33. The Bertz CT molecular complexity index is 785. The predicted molar refractivity (Wildman–Crippen MR) is 94.6 cm³/mol. The van der Waals surface area contributed by atoms with Crippen molar-refractivity contribution in [3.8, 4) is 11.5 Å². The third kappa shape index (κ3) is 4.29. The second-order valence-electron chi connectivity index (χ2n) is 5.27. The maximum Gasteiger partial charge on any atom is 0.337 e. The van der Waals surface area contributed by atoms with Crippen LogP contribution in [0.3, 0.4) is 0 Å². The van der Waals surface area contributed by atoms with Gasteiger partial charge in [0.25, 0.3) is 5.91 Å². The lowest BCUT2D eigenvalue weighted by Crippen LogP contribution is -2.13. The van der Waals surface area contributed by atoms with Crippen molar-refractivity contribution in [2.45, 2.75) is 13.8 Å². The first-order chi connectivity index (χ1) is 12.0. The molecule has 0 aromatic heterocycles. The van der Waals surface area contributed by atoms with Crippen LogP contribution in [0.5, 0.6) is 11.5 Å². The summed E-state index contributed by atoms with van der Waals surface area (Å²) in [7, 11) is 2.85. The van der Waals surface area contributed by atoms with Gasteiger partial charge in [-0.05, 0) is 55.8 Å². The van der Waals surface area contributed by atoms with Crippen molar-refractivity contribution in [2.75, 3.05) is 26.1 Å². The van der Waals surface area contributed by atoms with Crippen LogP contribution in [0.15, 0.2) is 36.4 Å². The van der Waals surface area contributed by atoms with Crippen molar-refractivity contribution in [3.63, 3.8) is 0 Å². The minimum Gasteiger partial charge on any atom is -0.493 e. The van der Waals surface area contributed by atoms with Gasteiger partial charge in [0.15, 0.2) is 11.5 Å². The number of methoxy groups -OCH3 is 2. The Kier molecular flexibility index (Phi) is 6.00. The Morgan fingerprint density at radius 1 is 1.00 bits per heavy atom. The van der Waals surface area contributed by atoms with Gasteiger partial charge in [-0.1, -0.05) is 0 Å². The van der Waals surface area contributed by atoms with Gasteiger partial charge in [0.2, 0.25) is 0 Å². The van der Waals surface area contributed by atoms with Crippen LogP contribution in [0.2, 0.25) is 0 Å². The van der Waals surface area contributed by atoms with Crippen LogP contribution in [-0.4, -0.2) is 32.7 Å². The van der Waals surface area contributed by atoms with E-state index < -0.39 is 5.97 Å². The van der Waals surface area contributed by atoms with Crippen molar-refractivity contribution < 1.29 is 23.8 Å². The molecule has 2 rings (SSSR count). The van der Waals surface area contributed by atoms with Crippen molar-refractivity contribution in [2.24, 2.45) is 0 Å². The maximum absolute atomic E-state index is 12.5. The number of hydrogen-bond donors (Lipinski definition) is 1. The van der Waals surface area contributed by atoms with Gasteiger partial charge >= 0.3 is 5.97 Å². The lowest BCUT2D eigenvalue weighted by atomic mass is 10.1. The quantitative estimate of drug-likeness (QED) is 0.813. The van der Waals surface area contributed by atoms with Gasteiger partial charge in [-0.3, -0.25) is 4.79 Å². The second-order valence-corrected chi connectivity index (χ2v) is 5.27. The number of aryl methyl sites for hydroxylation is 1. The number of nitrogens with one attached hydrogen (secondary N) is 1. The minimum absolute atomic E-state index is 0.282. The second kappa shape index (κ2) is 8.19. The van der Waals surface area contributed by atoms with Crippen LogP contribution in [0, 0.1) is 6.92 Å². The van der Waals surface area contributed by atoms with Crippen LogP contribution >= 0.6 is 0 Å². The first-order valence-electron chi connectivity index (χ1n) is 7.81. The Morgan fingerprint density at radius 3 is 2.32 bits per heavy atom. The van der Waals surface area contributed by atoms with Gasteiger partial charge in [-0.15, -0.1) is 0 Å². The van der Waals surface area contributed by atoms with E-state index in [-0.39, 0.29) is 5.91 Å². The molecule has 2 aromatic carbocycles.